The van der Waals surface area contributed by atoms with Gasteiger partial charge >= 0.3 is 0 Å². The monoisotopic (exact) mass is 468 g/mol. The van der Waals surface area contributed by atoms with E-state index in [1.165, 1.54) is 70.6 Å². The molecule has 0 amide bonds. The normalized spacial score (nSPS) is 53.6. The lowest BCUT2D eigenvalue weighted by atomic mass is 9.31. The molecular formula is C33H56O. The molecule has 0 saturated heterocycles. The molecule has 0 aromatic heterocycles. The highest BCUT2D eigenvalue weighted by molar-refractivity contribution is 5.79. The Morgan fingerprint density at radius 1 is 0.706 bits per heavy atom. The van der Waals surface area contributed by atoms with Gasteiger partial charge in [0.2, 0.25) is 0 Å². The smallest absolute Gasteiger partial charge is 0.133 e. The maximum Gasteiger partial charge on any atom is 0.133 e. The second-order valence-corrected chi connectivity index (χ2v) is 16.4. The topological polar surface area (TPSA) is 17.1 Å². The Morgan fingerprint density at radius 3 is 2.03 bits per heavy atom. The molecule has 1 unspecified atom stereocenters. The lowest BCUT2D eigenvalue weighted by Gasteiger charge is -2.74. The van der Waals surface area contributed by atoms with Crippen molar-refractivity contribution in [1.82, 2.24) is 0 Å². The van der Waals surface area contributed by atoms with Crippen LogP contribution in [0, 0.1) is 62.1 Å². The molecule has 5 rings (SSSR count). The fraction of sp³-hybridized carbons (Fsp3) is 0.970. The van der Waals surface area contributed by atoms with E-state index in [1.54, 1.807) is 0 Å². The number of rotatable bonds is 2. The third-order valence-electron chi connectivity index (χ3n) is 14.7. The molecule has 5 saturated carbocycles. The van der Waals surface area contributed by atoms with Gasteiger partial charge in [0.15, 0.2) is 0 Å². The predicted octanol–water partition coefficient (Wildman–Crippen LogP) is 9.48. The van der Waals surface area contributed by atoms with Gasteiger partial charge in [0.1, 0.15) is 5.78 Å². The Hall–Kier alpha value is -0.330. The van der Waals surface area contributed by atoms with Crippen LogP contribution in [0.1, 0.15) is 139 Å². The average molecular weight is 469 g/mol. The zero-order valence-electron chi connectivity index (χ0n) is 24.3. The zero-order valence-corrected chi connectivity index (χ0v) is 24.3. The van der Waals surface area contributed by atoms with E-state index in [0.29, 0.717) is 38.8 Å². The van der Waals surface area contributed by atoms with Crippen LogP contribution in [0.4, 0.5) is 0 Å². The first-order valence-corrected chi connectivity index (χ1v) is 15.2. The Labute approximate surface area is 212 Å². The van der Waals surface area contributed by atoms with Crippen LogP contribution in [0.15, 0.2) is 0 Å². The molecule has 34 heavy (non-hydrogen) atoms. The molecule has 5 aliphatic carbocycles. The molecule has 0 aromatic carbocycles. The van der Waals surface area contributed by atoms with Gasteiger partial charge in [-0.2, -0.15) is 0 Å². The van der Waals surface area contributed by atoms with Crippen LogP contribution in [0.3, 0.4) is 0 Å². The maximum absolute atomic E-state index is 12.6. The fourth-order valence-corrected chi connectivity index (χ4v) is 12.5. The highest BCUT2D eigenvalue weighted by Crippen LogP contribution is 2.77. The van der Waals surface area contributed by atoms with Crippen LogP contribution in [0.5, 0.6) is 0 Å². The number of hydrogen-bond acceptors (Lipinski definition) is 1. The third-order valence-corrected chi connectivity index (χ3v) is 14.7. The van der Waals surface area contributed by atoms with Gasteiger partial charge in [-0.1, -0.05) is 61.8 Å². The number of hydrogen-bond donors (Lipinski definition) is 0. The summed E-state index contributed by atoms with van der Waals surface area (Å²) < 4.78 is 0. The minimum absolute atomic E-state index is 0.148. The molecule has 0 bridgehead atoms. The average Bonchev–Trinajstić information content (AvgIpc) is 2.73. The van der Waals surface area contributed by atoms with Crippen molar-refractivity contribution in [3.63, 3.8) is 0 Å². The van der Waals surface area contributed by atoms with E-state index in [9.17, 15) is 4.79 Å². The van der Waals surface area contributed by atoms with Crippen molar-refractivity contribution in [2.75, 3.05) is 0 Å². The number of fused-ring (bicyclic) bond motifs is 7. The Bertz CT molecular complexity index is 837. The van der Waals surface area contributed by atoms with E-state index >= 15 is 0 Å². The minimum Gasteiger partial charge on any atom is -0.300 e. The van der Waals surface area contributed by atoms with Crippen LogP contribution in [0.25, 0.3) is 0 Å². The van der Waals surface area contributed by atoms with E-state index in [-0.39, 0.29) is 11.3 Å². The molecule has 0 aromatic rings. The highest BCUT2D eigenvalue weighted by atomic mass is 16.1. The molecule has 0 N–H and O–H groups in total. The Kier molecular flexibility index (Phi) is 5.66. The van der Waals surface area contributed by atoms with Crippen LogP contribution in [0.2, 0.25) is 0 Å². The van der Waals surface area contributed by atoms with Gasteiger partial charge in [-0.25, -0.2) is 0 Å². The fourth-order valence-electron chi connectivity index (χ4n) is 12.5. The van der Waals surface area contributed by atoms with Crippen molar-refractivity contribution < 1.29 is 4.79 Å². The number of carbonyl (C=O) groups is 1. The summed E-state index contributed by atoms with van der Waals surface area (Å²) in [4.78, 5) is 12.6. The molecule has 1 nitrogen and oxygen atoms in total. The summed E-state index contributed by atoms with van der Waals surface area (Å²) in [6, 6.07) is 0. The molecular weight excluding hydrogens is 412 g/mol. The van der Waals surface area contributed by atoms with Gasteiger partial charge in [-0.05, 0) is 134 Å². The minimum atomic E-state index is 0.148. The summed E-state index contributed by atoms with van der Waals surface area (Å²) in [7, 11) is 0. The molecule has 0 spiro atoms. The van der Waals surface area contributed by atoms with Crippen LogP contribution < -0.4 is 0 Å². The summed E-state index contributed by atoms with van der Waals surface area (Å²) in [6.45, 7) is 22.6. The van der Waals surface area contributed by atoms with Crippen LogP contribution in [-0.2, 0) is 4.79 Å². The highest BCUT2D eigenvalue weighted by Gasteiger charge is 2.70. The molecule has 0 radical (unpaired) electrons. The first-order chi connectivity index (χ1) is 15.7. The first-order valence-electron chi connectivity index (χ1n) is 15.2. The standard InChI is InChI=1S/C33H56O/c1-10-33-19-17-28(3,4)21-25(33)24-11-12-27-30(7)15-13-23(22(2)34)29(5,6)26(30)14-16-32(27,9)31(24,8)18-20-33/h23-27H,10-21H2,1-9H3/t23?,24-,25+,26+,27-,30+,31-,32-,33-/m1/s1. The van der Waals surface area contributed by atoms with E-state index < -0.39 is 0 Å². The lowest BCUT2D eigenvalue weighted by molar-refractivity contribution is -0.249. The third kappa shape index (κ3) is 3.12. The Morgan fingerprint density at radius 2 is 1.38 bits per heavy atom. The predicted molar refractivity (Wildman–Crippen MR) is 144 cm³/mol. The summed E-state index contributed by atoms with van der Waals surface area (Å²) in [5, 5.41) is 0. The van der Waals surface area contributed by atoms with E-state index in [2.05, 4.69) is 55.4 Å². The molecule has 194 valence electrons. The second kappa shape index (κ2) is 7.60. The summed E-state index contributed by atoms with van der Waals surface area (Å²) in [5.74, 6) is 4.10. The molecule has 0 aliphatic heterocycles. The van der Waals surface area contributed by atoms with E-state index in [1.807, 2.05) is 6.92 Å². The second-order valence-electron chi connectivity index (χ2n) is 16.4. The molecule has 1 heteroatoms. The number of Topliss-reactive ketones (excluding diaryl/α,β-unsaturated/α-hetero) is 1. The first kappa shape index (κ1) is 25.3. The van der Waals surface area contributed by atoms with Crippen molar-refractivity contribution in [3.05, 3.63) is 0 Å². The molecule has 9 atom stereocenters. The van der Waals surface area contributed by atoms with Crippen LogP contribution >= 0.6 is 0 Å². The SMILES string of the molecule is CC[C@]12CCC(C)(C)C[C@H]1[C@H]1CC[C@@H]3[C@@]4(C)CCC(C(C)=O)C(C)(C)[C@@H]4CC[C@@]3(C)[C@]1(C)CC2. The Balaban J connectivity index is 1.51. The van der Waals surface area contributed by atoms with E-state index in [4.69, 9.17) is 0 Å². The van der Waals surface area contributed by atoms with Crippen molar-refractivity contribution in [2.45, 2.75) is 139 Å². The van der Waals surface area contributed by atoms with Gasteiger partial charge in [-0.15, -0.1) is 0 Å². The summed E-state index contributed by atoms with van der Waals surface area (Å²) in [5.41, 5.74) is 2.66. The molecule has 5 aliphatic rings. The zero-order chi connectivity index (χ0) is 24.9. The molecule has 5 fully saturated rings. The van der Waals surface area contributed by atoms with Gasteiger partial charge < -0.3 is 0 Å². The van der Waals surface area contributed by atoms with Gasteiger partial charge in [0.05, 0.1) is 0 Å². The van der Waals surface area contributed by atoms with E-state index in [0.717, 1.165) is 24.2 Å². The van der Waals surface area contributed by atoms with Gasteiger partial charge in [0, 0.05) is 5.92 Å². The number of carbonyl (C=O) groups excluding carboxylic acids is 1. The molecule has 0 heterocycles. The van der Waals surface area contributed by atoms with Crippen LogP contribution in [-0.4, -0.2) is 5.78 Å². The summed E-state index contributed by atoms with van der Waals surface area (Å²) in [6.07, 6.45) is 16.8. The van der Waals surface area contributed by atoms with Crippen molar-refractivity contribution >= 4 is 5.78 Å². The van der Waals surface area contributed by atoms with Crippen molar-refractivity contribution in [1.29, 1.82) is 0 Å². The summed E-state index contributed by atoms with van der Waals surface area (Å²) >= 11 is 0. The van der Waals surface area contributed by atoms with Crippen molar-refractivity contribution in [2.24, 2.45) is 62.1 Å². The van der Waals surface area contributed by atoms with Crippen molar-refractivity contribution in [3.8, 4) is 0 Å². The number of ketones is 1. The van der Waals surface area contributed by atoms with Gasteiger partial charge in [0.25, 0.3) is 0 Å². The quantitative estimate of drug-likeness (QED) is 0.394. The van der Waals surface area contributed by atoms with Gasteiger partial charge in [-0.3, -0.25) is 4.79 Å². The maximum atomic E-state index is 12.6. The lowest BCUT2D eigenvalue weighted by Crippen LogP contribution is -2.66. The largest absolute Gasteiger partial charge is 0.300 e.